The van der Waals surface area contributed by atoms with Crippen molar-refractivity contribution < 1.29 is 14.3 Å². The van der Waals surface area contributed by atoms with Gasteiger partial charge < -0.3 is 20.7 Å². The van der Waals surface area contributed by atoms with Gasteiger partial charge in [0.25, 0.3) is 0 Å². The van der Waals surface area contributed by atoms with Crippen LogP contribution in [0.2, 0.25) is 0 Å². The van der Waals surface area contributed by atoms with Gasteiger partial charge >= 0.3 is 5.97 Å². The van der Waals surface area contributed by atoms with Crippen LogP contribution in [0.4, 0.5) is 0 Å². The molecular weight excluding hydrogens is 320 g/mol. The second-order valence-corrected chi connectivity index (χ2v) is 6.65. The molecule has 25 heavy (non-hydrogen) atoms. The maximum Gasteiger partial charge on any atom is 0.308 e. The molecule has 1 fully saturated rings. The fourth-order valence-electron chi connectivity index (χ4n) is 2.80. The van der Waals surface area contributed by atoms with Gasteiger partial charge in [-0.2, -0.15) is 0 Å². The minimum absolute atomic E-state index is 0.00933. The number of amides is 1. The summed E-state index contributed by atoms with van der Waals surface area (Å²) >= 11 is 0. The summed E-state index contributed by atoms with van der Waals surface area (Å²) in [5.74, 6) is 0.766. The molecule has 0 aliphatic heterocycles. The third-order valence-electron chi connectivity index (χ3n) is 4.24. The highest BCUT2D eigenvalue weighted by molar-refractivity contribution is 5.80. The standard InChI is InChI=1S/C18H34N4O3/c1-5-19-18(21-12-11-20-16(23)13(3)4)22-15-9-7-14(8-10-15)17(24)25-6-2/h13-15H,5-12H2,1-4H3,(H,20,23)(H2,19,21,22). The number of aliphatic imine (C=N–C) groups is 1. The number of guanidine groups is 1. The Hall–Kier alpha value is -1.79. The molecule has 0 saturated heterocycles. The van der Waals surface area contributed by atoms with Crippen LogP contribution in [-0.2, 0) is 14.3 Å². The molecule has 0 radical (unpaired) electrons. The zero-order valence-electron chi connectivity index (χ0n) is 16.1. The van der Waals surface area contributed by atoms with E-state index in [0.29, 0.717) is 25.7 Å². The van der Waals surface area contributed by atoms with E-state index >= 15 is 0 Å². The quantitative estimate of drug-likeness (QED) is 0.265. The molecule has 0 heterocycles. The van der Waals surface area contributed by atoms with Crippen molar-refractivity contribution in [2.45, 2.75) is 59.4 Å². The van der Waals surface area contributed by atoms with Crippen LogP contribution in [0.3, 0.4) is 0 Å². The Morgan fingerprint density at radius 2 is 1.80 bits per heavy atom. The van der Waals surface area contributed by atoms with Crippen LogP contribution in [0.15, 0.2) is 4.99 Å². The van der Waals surface area contributed by atoms with Crippen molar-refractivity contribution in [3.63, 3.8) is 0 Å². The third kappa shape index (κ3) is 8.23. The molecule has 7 nitrogen and oxygen atoms in total. The molecule has 1 amide bonds. The maximum absolute atomic E-state index is 11.8. The lowest BCUT2D eigenvalue weighted by molar-refractivity contribution is -0.149. The Morgan fingerprint density at radius 3 is 2.36 bits per heavy atom. The first-order valence-electron chi connectivity index (χ1n) is 9.47. The molecule has 1 rings (SSSR count). The first-order chi connectivity index (χ1) is 12.0. The van der Waals surface area contributed by atoms with Crippen molar-refractivity contribution in [3.8, 4) is 0 Å². The summed E-state index contributed by atoms with van der Waals surface area (Å²) in [7, 11) is 0. The number of carbonyl (C=O) groups excluding carboxylic acids is 2. The van der Waals surface area contributed by atoms with Gasteiger partial charge in [0.15, 0.2) is 5.96 Å². The topological polar surface area (TPSA) is 91.8 Å². The number of nitrogens with one attached hydrogen (secondary N) is 3. The van der Waals surface area contributed by atoms with E-state index in [4.69, 9.17) is 4.74 Å². The Labute approximate surface area is 151 Å². The van der Waals surface area contributed by atoms with Crippen molar-refractivity contribution in [1.82, 2.24) is 16.0 Å². The molecule has 7 heteroatoms. The predicted molar refractivity (Wildman–Crippen MR) is 99.3 cm³/mol. The number of hydrogen-bond donors (Lipinski definition) is 3. The summed E-state index contributed by atoms with van der Waals surface area (Å²) in [5.41, 5.74) is 0. The van der Waals surface area contributed by atoms with E-state index in [1.54, 1.807) is 0 Å². The van der Waals surface area contributed by atoms with Crippen molar-refractivity contribution in [3.05, 3.63) is 0 Å². The monoisotopic (exact) mass is 354 g/mol. The van der Waals surface area contributed by atoms with Crippen LogP contribution in [0.5, 0.6) is 0 Å². The second-order valence-electron chi connectivity index (χ2n) is 6.65. The van der Waals surface area contributed by atoms with Gasteiger partial charge in [0.1, 0.15) is 0 Å². The van der Waals surface area contributed by atoms with E-state index in [2.05, 4.69) is 20.9 Å². The van der Waals surface area contributed by atoms with Gasteiger partial charge in [0, 0.05) is 25.0 Å². The average Bonchev–Trinajstić information content (AvgIpc) is 2.59. The predicted octanol–water partition coefficient (Wildman–Crippen LogP) is 1.44. The number of esters is 1. The summed E-state index contributed by atoms with van der Waals surface area (Å²) in [5, 5.41) is 9.52. The lowest BCUT2D eigenvalue weighted by Crippen LogP contribution is -2.45. The summed E-state index contributed by atoms with van der Waals surface area (Å²) in [6, 6.07) is 0.314. The van der Waals surface area contributed by atoms with Gasteiger partial charge in [-0.1, -0.05) is 13.8 Å². The van der Waals surface area contributed by atoms with Gasteiger partial charge in [-0.3, -0.25) is 14.6 Å². The first-order valence-corrected chi connectivity index (χ1v) is 9.47. The Bertz CT molecular complexity index is 444. The zero-order chi connectivity index (χ0) is 18.7. The van der Waals surface area contributed by atoms with Crippen LogP contribution in [0.1, 0.15) is 53.4 Å². The molecule has 0 spiro atoms. The van der Waals surface area contributed by atoms with Crippen LogP contribution >= 0.6 is 0 Å². The summed E-state index contributed by atoms with van der Waals surface area (Å²) in [6.07, 6.45) is 3.55. The molecule has 3 N–H and O–H groups in total. The first kappa shape index (κ1) is 21.3. The largest absolute Gasteiger partial charge is 0.466 e. The van der Waals surface area contributed by atoms with Crippen LogP contribution in [0.25, 0.3) is 0 Å². The van der Waals surface area contributed by atoms with E-state index in [1.807, 2.05) is 27.7 Å². The molecule has 1 aliphatic carbocycles. The van der Waals surface area contributed by atoms with E-state index in [0.717, 1.165) is 38.2 Å². The van der Waals surface area contributed by atoms with Gasteiger partial charge in [0.05, 0.1) is 19.1 Å². The summed E-state index contributed by atoms with van der Waals surface area (Å²) in [4.78, 5) is 27.8. The maximum atomic E-state index is 11.8. The van der Waals surface area contributed by atoms with Crippen LogP contribution < -0.4 is 16.0 Å². The Balaban J connectivity index is 2.38. The molecule has 0 aromatic carbocycles. The fraction of sp³-hybridized carbons (Fsp3) is 0.833. The van der Waals surface area contributed by atoms with Crippen molar-refractivity contribution >= 4 is 17.8 Å². The zero-order valence-corrected chi connectivity index (χ0v) is 16.1. The van der Waals surface area contributed by atoms with E-state index in [-0.39, 0.29) is 23.7 Å². The average molecular weight is 354 g/mol. The number of nitrogens with zero attached hydrogens (tertiary/aromatic N) is 1. The lowest BCUT2D eigenvalue weighted by atomic mass is 9.86. The van der Waals surface area contributed by atoms with Crippen LogP contribution in [-0.4, -0.2) is 50.1 Å². The van der Waals surface area contributed by atoms with Gasteiger partial charge in [-0.05, 0) is 39.5 Å². The highest BCUT2D eigenvalue weighted by atomic mass is 16.5. The molecule has 0 aromatic rings. The van der Waals surface area contributed by atoms with E-state index in [9.17, 15) is 9.59 Å². The lowest BCUT2D eigenvalue weighted by Gasteiger charge is -2.29. The molecular formula is C18H34N4O3. The summed E-state index contributed by atoms with van der Waals surface area (Å²) in [6.45, 7) is 9.90. The highest BCUT2D eigenvalue weighted by Gasteiger charge is 2.27. The highest BCUT2D eigenvalue weighted by Crippen LogP contribution is 2.25. The number of rotatable bonds is 8. The van der Waals surface area contributed by atoms with Crippen molar-refractivity contribution in [2.75, 3.05) is 26.2 Å². The smallest absolute Gasteiger partial charge is 0.308 e. The molecule has 0 bridgehead atoms. The molecule has 1 saturated carbocycles. The molecule has 0 unspecified atom stereocenters. The normalized spacial score (nSPS) is 20.9. The Morgan fingerprint density at radius 1 is 1.12 bits per heavy atom. The molecule has 1 aliphatic rings. The second kappa shape index (κ2) is 11.7. The number of ether oxygens (including phenoxy) is 1. The third-order valence-corrected chi connectivity index (χ3v) is 4.24. The SMILES string of the molecule is CCNC(=NCCNC(=O)C(C)C)NC1CCC(C(=O)OCC)CC1. The molecule has 0 aromatic heterocycles. The summed E-state index contributed by atoms with van der Waals surface area (Å²) < 4.78 is 5.11. The minimum Gasteiger partial charge on any atom is -0.466 e. The molecule has 144 valence electrons. The van der Waals surface area contributed by atoms with Crippen molar-refractivity contribution in [2.24, 2.45) is 16.8 Å². The van der Waals surface area contributed by atoms with Crippen LogP contribution in [0, 0.1) is 11.8 Å². The number of hydrogen-bond acceptors (Lipinski definition) is 4. The fourth-order valence-corrected chi connectivity index (χ4v) is 2.80. The van der Waals surface area contributed by atoms with Crippen molar-refractivity contribution in [1.29, 1.82) is 0 Å². The number of carbonyl (C=O) groups is 2. The Kier molecular flexibility index (Phi) is 9.96. The van der Waals surface area contributed by atoms with E-state index in [1.165, 1.54) is 0 Å². The van der Waals surface area contributed by atoms with Gasteiger partial charge in [-0.15, -0.1) is 0 Å². The van der Waals surface area contributed by atoms with Gasteiger partial charge in [0.2, 0.25) is 5.91 Å². The van der Waals surface area contributed by atoms with Gasteiger partial charge in [-0.25, -0.2) is 0 Å². The minimum atomic E-state index is -0.0672. The molecule has 0 atom stereocenters. The van der Waals surface area contributed by atoms with E-state index < -0.39 is 0 Å².